The lowest BCUT2D eigenvalue weighted by molar-refractivity contribution is -0.156. The van der Waals surface area contributed by atoms with E-state index in [-0.39, 0.29) is 13.2 Å². The summed E-state index contributed by atoms with van der Waals surface area (Å²) >= 11 is 0. The summed E-state index contributed by atoms with van der Waals surface area (Å²) in [6, 6.07) is 0. The summed E-state index contributed by atoms with van der Waals surface area (Å²) in [5.74, 6) is -0.907. The number of ether oxygens (including phenoxy) is 1. The van der Waals surface area contributed by atoms with Crippen LogP contribution in [-0.2, 0) is 14.3 Å². The topological polar surface area (TPSA) is 66.8 Å². The maximum atomic E-state index is 11.8. The molecule has 0 spiro atoms. The molecule has 1 amide bonds. The van der Waals surface area contributed by atoms with Gasteiger partial charge in [0.05, 0.1) is 6.61 Å². The molecule has 0 saturated heterocycles. The van der Waals surface area contributed by atoms with Crippen molar-refractivity contribution in [2.45, 2.75) is 39.7 Å². The molecule has 0 fully saturated rings. The normalized spacial score (nSPS) is 11.1. The van der Waals surface area contributed by atoms with Crippen LogP contribution in [0.1, 0.15) is 34.1 Å². The predicted molar refractivity (Wildman–Crippen MR) is 59.8 cm³/mol. The average Bonchev–Trinajstić information content (AvgIpc) is 2.15. The zero-order chi connectivity index (χ0) is 12.8. The molecule has 94 valence electrons. The van der Waals surface area contributed by atoms with Gasteiger partial charge in [-0.1, -0.05) is 6.92 Å². The molecule has 0 aromatic heterocycles. The summed E-state index contributed by atoms with van der Waals surface area (Å²) in [7, 11) is 0. The number of rotatable bonds is 6. The summed E-state index contributed by atoms with van der Waals surface area (Å²) in [5, 5.41) is 9.58. The molecule has 0 bridgehead atoms. The fraction of sp³-hybridized carbons (Fsp3) is 0.818. The van der Waals surface area contributed by atoms with Crippen molar-refractivity contribution in [2.24, 2.45) is 0 Å². The molecule has 5 nitrogen and oxygen atoms in total. The molecule has 0 heterocycles. The lowest BCUT2D eigenvalue weighted by atomic mass is 10.1. The molecule has 0 aromatic rings. The van der Waals surface area contributed by atoms with Gasteiger partial charge in [-0.05, 0) is 27.2 Å². The lowest BCUT2D eigenvalue weighted by Crippen LogP contribution is -2.47. The van der Waals surface area contributed by atoms with Gasteiger partial charge in [-0.2, -0.15) is 0 Å². The largest absolute Gasteiger partial charge is 0.465 e. The van der Waals surface area contributed by atoms with Crippen LogP contribution in [0.2, 0.25) is 0 Å². The highest BCUT2D eigenvalue weighted by Gasteiger charge is 2.30. The number of carbonyl (C=O) groups is 2. The summed E-state index contributed by atoms with van der Waals surface area (Å²) in [6.07, 6.45) is 0.723. The highest BCUT2D eigenvalue weighted by Crippen LogP contribution is 2.08. The minimum absolute atomic E-state index is 0.107. The van der Waals surface area contributed by atoms with E-state index in [0.29, 0.717) is 6.54 Å². The minimum Gasteiger partial charge on any atom is -0.465 e. The van der Waals surface area contributed by atoms with Crippen LogP contribution in [0.3, 0.4) is 0 Å². The van der Waals surface area contributed by atoms with Crippen molar-refractivity contribution in [3.8, 4) is 0 Å². The van der Waals surface area contributed by atoms with Crippen LogP contribution in [0.15, 0.2) is 0 Å². The van der Waals surface area contributed by atoms with Crippen LogP contribution in [0.4, 0.5) is 0 Å². The number of hydrogen-bond donors (Lipinski definition) is 1. The zero-order valence-electron chi connectivity index (χ0n) is 10.4. The third-order valence-corrected chi connectivity index (χ3v) is 1.93. The van der Waals surface area contributed by atoms with Crippen molar-refractivity contribution in [2.75, 3.05) is 19.7 Å². The molecule has 0 radical (unpaired) electrons. The van der Waals surface area contributed by atoms with E-state index in [1.54, 1.807) is 6.92 Å². The quantitative estimate of drug-likeness (QED) is 0.678. The Hall–Kier alpha value is -1.10. The van der Waals surface area contributed by atoms with Crippen molar-refractivity contribution in [1.29, 1.82) is 0 Å². The second kappa shape index (κ2) is 6.48. The number of hydrogen-bond acceptors (Lipinski definition) is 4. The Labute approximate surface area is 96.4 Å². The SMILES string of the molecule is CCCN(CC(=O)OCC)C(=O)C(C)(C)O. The summed E-state index contributed by atoms with van der Waals surface area (Å²) in [5.41, 5.74) is -1.46. The Morgan fingerprint density at radius 2 is 1.88 bits per heavy atom. The second-order valence-electron chi connectivity index (χ2n) is 4.09. The van der Waals surface area contributed by atoms with Crippen LogP contribution in [0.5, 0.6) is 0 Å². The van der Waals surface area contributed by atoms with Gasteiger partial charge in [-0.25, -0.2) is 0 Å². The summed E-state index contributed by atoms with van der Waals surface area (Å²) < 4.78 is 4.77. The van der Waals surface area contributed by atoms with Gasteiger partial charge in [0.25, 0.3) is 5.91 Å². The number of aliphatic hydroxyl groups is 1. The van der Waals surface area contributed by atoms with Crippen molar-refractivity contribution in [1.82, 2.24) is 4.90 Å². The van der Waals surface area contributed by atoms with Crippen LogP contribution < -0.4 is 0 Å². The van der Waals surface area contributed by atoms with Gasteiger partial charge in [0.2, 0.25) is 0 Å². The van der Waals surface area contributed by atoms with Gasteiger partial charge in [0.15, 0.2) is 0 Å². The smallest absolute Gasteiger partial charge is 0.325 e. The molecule has 0 aliphatic carbocycles. The van der Waals surface area contributed by atoms with E-state index in [1.165, 1.54) is 18.7 Å². The number of esters is 1. The van der Waals surface area contributed by atoms with E-state index in [1.807, 2.05) is 6.92 Å². The fourth-order valence-corrected chi connectivity index (χ4v) is 1.27. The Balaban J connectivity index is 4.49. The standard InChI is InChI=1S/C11H21NO4/c1-5-7-12(8-9(13)16-6-2)10(14)11(3,4)15/h15H,5-8H2,1-4H3. The zero-order valence-corrected chi connectivity index (χ0v) is 10.4. The Kier molecular flexibility index (Phi) is 6.03. The molecule has 0 aromatic carbocycles. The summed E-state index contributed by atoms with van der Waals surface area (Å²) in [6.45, 7) is 7.03. The first-order valence-corrected chi connectivity index (χ1v) is 5.50. The van der Waals surface area contributed by atoms with Gasteiger partial charge in [0.1, 0.15) is 12.1 Å². The molecule has 0 atom stereocenters. The highest BCUT2D eigenvalue weighted by molar-refractivity contribution is 5.87. The Bertz CT molecular complexity index is 245. The molecule has 0 aliphatic heterocycles. The van der Waals surface area contributed by atoms with E-state index < -0.39 is 17.5 Å². The van der Waals surface area contributed by atoms with Gasteiger partial charge in [-0.3, -0.25) is 9.59 Å². The maximum Gasteiger partial charge on any atom is 0.325 e. The molecule has 0 rings (SSSR count). The number of amides is 1. The van der Waals surface area contributed by atoms with E-state index in [9.17, 15) is 14.7 Å². The first-order valence-electron chi connectivity index (χ1n) is 5.50. The fourth-order valence-electron chi connectivity index (χ4n) is 1.27. The van der Waals surface area contributed by atoms with Crippen LogP contribution >= 0.6 is 0 Å². The Morgan fingerprint density at radius 1 is 1.31 bits per heavy atom. The molecule has 1 N–H and O–H groups in total. The van der Waals surface area contributed by atoms with Crippen molar-refractivity contribution in [3.05, 3.63) is 0 Å². The van der Waals surface area contributed by atoms with Crippen molar-refractivity contribution in [3.63, 3.8) is 0 Å². The molecular weight excluding hydrogens is 210 g/mol. The van der Waals surface area contributed by atoms with E-state index in [4.69, 9.17) is 4.74 Å². The molecule has 0 unspecified atom stereocenters. The first-order chi connectivity index (χ1) is 7.32. The van der Waals surface area contributed by atoms with Crippen molar-refractivity contribution < 1.29 is 19.4 Å². The molecule has 0 aliphatic rings. The first kappa shape index (κ1) is 14.9. The summed E-state index contributed by atoms with van der Waals surface area (Å²) in [4.78, 5) is 24.3. The molecule has 0 saturated carbocycles. The van der Waals surface area contributed by atoms with Crippen LogP contribution in [0, 0.1) is 0 Å². The second-order valence-corrected chi connectivity index (χ2v) is 4.09. The highest BCUT2D eigenvalue weighted by atomic mass is 16.5. The average molecular weight is 231 g/mol. The van der Waals surface area contributed by atoms with Gasteiger partial charge >= 0.3 is 5.97 Å². The monoisotopic (exact) mass is 231 g/mol. The Morgan fingerprint density at radius 3 is 2.25 bits per heavy atom. The van der Waals surface area contributed by atoms with Gasteiger partial charge in [0, 0.05) is 6.54 Å². The molecular formula is C11H21NO4. The minimum atomic E-state index is -1.46. The van der Waals surface area contributed by atoms with Crippen LogP contribution in [-0.4, -0.2) is 47.2 Å². The van der Waals surface area contributed by atoms with E-state index in [2.05, 4.69) is 0 Å². The number of nitrogens with zero attached hydrogens (tertiary/aromatic N) is 1. The van der Waals surface area contributed by atoms with Crippen molar-refractivity contribution >= 4 is 11.9 Å². The van der Waals surface area contributed by atoms with Gasteiger partial charge < -0.3 is 14.7 Å². The third-order valence-electron chi connectivity index (χ3n) is 1.93. The number of carbonyl (C=O) groups excluding carboxylic acids is 2. The van der Waals surface area contributed by atoms with Crippen LogP contribution in [0.25, 0.3) is 0 Å². The molecule has 5 heteroatoms. The third kappa shape index (κ3) is 5.11. The maximum absolute atomic E-state index is 11.8. The predicted octanol–water partition coefficient (Wildman–Crippen LogP) is 0.559. The lowest BCUT2D eigenvalue weighted by Gasteiger charge is -2.27. The molecule has 16 heavy (non-hydrogen) atoms. The van der Waals surface area contributed by atoms with Gasteiger partial charge in [-0.15, -0.1) is 0 Å². The van der Waals surface area contributed by atoms with E-state index in [0.717, 1.165) is 6.42 Å². The van der Waals surface area contributed by atoms with E-state index >= 15 is 0 Å².